The van der Waals surface area contributed by atoms with Gasteiger partial charge in [0.05, 0.1) is 5.69 Å². The van der Waals surface area contributed by atoms with Gasteiger partial charge in [0.2, 0.25) is 11.9 Å². The van der Waals surface area contributed by atoms with Gasteiger partial charge in [0.1, 0.15) is 11.6 Å². The Hall–Kier alpha value is -3.42. The van der Waals surface area contributed by atoms with Crippen LogP contribution in [0.2, 0.25) is 0 Å². The van der Waals surface area contributed by atoms with Gasteiger partial charge in [-0.25, -0.2) is 4.98 Å². The molecule has 1 aromatic carbocycles. The highest BCUT2D eigenvalue weighted by Crippen LogP contribution is 2.39. The first kappa shape index (κ1) is 19.9. The highest BCUT2D eigenvalue weighted by atomic mass is 16.2. The molecule has 1 aliphatic carbocycles. The number of amides is 1. The molecule has 0 unspecified atom stereocenters. The van der Waals surface area contributed by atoms with Crippen molar-refractivity contribution in [2.45, 2.75) is 38.5 Å². The zero-order valence-corrected chi connectivity index (χ0v) is 17.6. The van der Waals surface area contributed by atoms with Crippen molar-refractivity contribution in [3.05, 3.63) is 53.3 Å². The molecule has 1 saturated carbocycles. The van der Waals surface area contributed by atoms with Gasteiger partial charge in [0.15, 0.2) is 0 Å². The molecule has 0 spiro atoms. The van der Waals surface area contributed by atoms with E-state index in [1.807, 2.05) is 43.3 Å². The van der Waals surface area contributed by atoms with Gasteiger partial charge in [-0.05, 0) is 43.9 Å². The summed E-state index contributed by atoms with van der Waals surface area (Å²) >= 11 is 0. The van der Waals surface area contributed by atoms with Crippen LogP contribution in [0.25, 0.3) is 0 Å². The van der Waals surface area contributed by atoms with Crippen molar-refractivity contribution in [2.75, 3.05) is 24.7 Å². The van der Waals surface area contributed by atoms with E-state index in [-0.39, 0.29) is 5.91 Å². The molecule has 1 aliphatic rings. The van der Waals surface area contributed by atoms with Crippen LogP contribution < -0.4 is 10.6 Å². The van der Waals surface area contributed by atoms with E-state index in [0.717, 1.165) is 34.9 Å². The molecule has 1 amide bonds. The molecular formula is C22H27N7O. The highest BCUT2D eigenvalue weighted by Gasteiger charge is 2.26. The summed E-state index contributed by atoms with van der Waals surface area (Å²) in [7, 11) is 3.55. The van der Waals surface area contributed by atoms with Crippen LogP contribution >= 0.6 is 0 Å². The van der Waals surface area contributed by atoms with Gasteiger partial charge in [0, 0.05) is 49.9 Å². The van der Waals surface area contributed by atoms with Crippen LogP contribution in [0.1, 0.15) is 42.1 Å². The van der Waals surface area contributed by atoms with E-state index in [0.29, 0.717) is 24.1 Å². The fourth-order valence-electron chi connectivity index (χ4n) is 3.17. The van der Waals surface area contributed by atoms with E-state index in [4.69, 9.17) is 0 Å². The van der Waals surface area contributed by atoms with E-state index in [1.54, 1.807) is 19.0 Å². The number of H-pyrrole nitrogens is 1. The molecule has 8 nitrogen and oxygen atoms in total. The Morgan fingerprint density at radius 1 is 1.13 bits per heavy atom. The average Bonchev–Trinajstić information content (AvgIpc) is 3.46. The van der Waals surface area contributed by atoms with Gasteiger partial charge < -0.3 is 15.5 Å². The molecule has 0 saturated heterocycles. The summed E-state index contributed by atoms with van der Waals surface area (Å²) in [6.07, 6.45) is 3.66. The van der Waals surface area contributed by atoms with E-state index >= 15 is 0 Å². The average molecular weight is 406 g/mol. The minimum Gasteiger partial charge on any atom is -0.349 e. The molecule has 156 valence electrons. The Kier molecular flexibility index (Phi) is 5.65. The minimum atomic E-state index is 0.131. The topological polar surface area (TPSA) is 98.8 Å². The predicted octanol–water partition coefficient (Wildman–Crippen LogP) is 3.89. The summed E-state index contributed by atoms with van der Waals surface area (Å²) in [4.78, 5) is 22.4. The standard InChI is InChI=1S/C22H27N7O/c1-14-12-19(25-20-13-18(27-28-20)16-7-8-16)26-22(23-14)24-17-9-4-15(5-10-17)6-11-21(30)29(2)3/h4-5,9-10,12-13,16H,6-8,11H2,1-3H3,(H3,23,24,25,26,27,28). The second kappa shape index (κ2) is 8.52. The lowest BCUT2D eigenvalue weighted by atomic mass is 10.1. The second-order valence-electron chi connectivity index (χ2n) is 7.93. The number of aromatic nitrogens is 4. The van der Waals surface area contributed by atoms with Crippen molar-refractivity contribution in [1.29, 1.82) is 0 Å². The van der Waals surface area contributed by atoms with Crippen molar-refractivity contribution in [1.82, 2.24) is 25.1 Å². The lowest BCUT2D eigenvalue weighted by Crippen LogP contribution is -2.21. The fourth-order valence-corrected chi connectivity index (χ4v) is 3.17. The third kappa shape index (κ3) is 5.14. The molecule has 0 atom stereocenters. The molecule has 2 heterocycles. The number of benzene rings is 1. The van der Waals surface area contributed by atoms with Crippen molar-refractivity contribution in [3.63, 3.8) is 0 Å². The number of carbonyl (C=O) groups excluding carboxylic acids is 1. The van der Waals surface area contributed by atoms with Gasteiger partial charge in [-0.1, -0.05) is 12.1 Å². The van der Waals surface area contributed by atoms with E-state index in [2.05, 4.69) is 30.8 Å². The van der Waals surface area contributed by atoms with Crippen LogP contribution in [0, 0.1) is 6.92 Å². The van der Waals surface area contributed by atoms with Crippen molar-refractivity contribution >= 4 is 29.2 Å². The number of hydrogen-bond acceptors (Lipinski definition) is 6. The number of hydrogen-bond donors (Lipinski definition) is 3. The molecule has 4 rings (SSSR count). The maximum atomic E-state index is 11.7. The predicted molar refractivity (Wildman–Crippen MR) is 117 cm³/mol. The molecule has 8 heteroatoms. The molecular weight excluding hydrogens is 378 g/mol. The molecule has 30 heavy (non-hydrogen) atoms. The SMILES string of the molecule is Cc1cc(Nc2cc(C3CC3)n[nH]2)nc(Nc2ccc(CCC(=O)N(C)C)cc2)n1. The first-order valence-corrected chi connectivity index (χ1v) is 10.2. The van der Waals surface area contributed by atoms with Gasteiger partial charge >= 0.3 is 0 Å². The molecule has 0 radical (unpaired) electrons. The number of aryl methyl sites for hydroxylation is 2. The maximum absolute atomic E-state index is 11.7. The lowest BCUT2D eigenvalue weighted by Gasteiger charge is -2.11. The molecule has 3 aromatic rings. The Bertz CT molecular complexity index is 1020. The Morgan fingerprint density at radius 3 is 2.60 bits per heavy atom. The van der Waals surface area contributed by atoms with Crippen LogP contribution in [0.4, 0.5) is 23.3 Å². The van der Waals surface area contributed by atoms with Crippen LogP contribution in [0.3, 0.4) is 0 Å². The Balaban J connectivity index is 1.39. The number of rotatable bonds is 8. The summed E-state index contributed by atoms with van der Waals surface area (Å²) in [5, 5.41) is 13.9. The van der Waals surface area contributed by atoms with Gasteiger partial charge in [0.25, 0.3) is 0 Å². The van der Waals surface area contributed by atoms with Gasteiger partial charge in [-0.3, -0.25) is 9.89 Å². The second-order valence-corrected chi connectivity index (χ2v) is 7.93. The minimum absolute atomic E-state index is 0.131. The first-order valence-electron chi connectivity index (χ1n) is 10.2. The Labute approximate surface area is 176 Å². The maximum Gasteiger partial charge on any atom is 0.229 e. The molecule has 0 aliphatic heterocycles. The number of anilines is 4. The normalized spacial score (nSPS) is 13.2. The highest BCUT2D eigenvalue weighted by molar-refractivity contribution is 5.75. The summed E-state index contributed by atoms with van der Waals surface area (Å²) in [5.74, 6) is 2.79. The summed E-state index contributed by atoms with van der Waals surface area (Å²) in [5.41, 5.74) is 3.98. The first-order chi connectivity index (χ1) is 14.5. The van der Waals surface area contributed by atoms with E-state index < -0.39 is 0 Å². The number of nitrogens with one attached hydrogen (secondary N) is 3. The molecule has 3 N–H and O–H groups in total. The number of aromatic amines is 1. The smallest absolute Gasteiger partial charge is 0.229 e. The molecule has 2 aromatic heterocycles. The zero-order chi connectivity index (χ0) is 21.1. The number of carbonyl (C=O) groups is 1. The van der Waals surface area contributed by atoms with Crippen molar-refractivity contribution in [2.24, 2.45) is 0 Å². The molecule has 1 fully saturated rings. The van der Waals surface area contributed by atoms with Gasteiger partial charge in [-0.2, -0.15) is 10.1 Å². The van der Waals surface area contributed by atoms with Crippen LogP contribution in [0.5, 0.6) is 0 Å². The molecule has 0 bridgehead atoms. The van der Waals surface area contributed by atoms with Crippen molar-refractivity contribution < 1.29 is 4.79 Å². The monoisotopic (exact) mass is 405 g/mol. The van der Waals surface area contributed by atoms with Crippen LogP contribution in [0.15, 0.2) is 36.4 Å². The third-order valence-electron chi connectivity index (χ3n) is 5.05. The third-order valence-corrected chi connectivity index (χ3v) is 5.05. The lowest BCUT2D eigenvalue weighted by molar-refractivity contribution is -0.128. The summed E-state index contributed by atoms with van der Waals surface area (Å²) in [6, 6.07) is 11.9. The quantitative estimate of drug-likeness (QED) is 0.526. The fraction of sp³-hybridized carbons (Fsp3) is 0.364. The zero-order valence-electron chi connectivity index (χ0n) is 17.6. The van der Waals surface area contributed by atoms with E-state index in [9.17, 15) is 4.79 Å². The van der Waals surface area contributed by atoms with Crippen LogP contribution in [-0.2, 0) is 11.2 Å². The largest absolute Gasteiger partial charge is 0.349 e. The summed E-state index contributed by atoms with van der Waals surface area (Å²) in [6.45, 7) is 1.94. The van der Waals surface area contributed by atoms with Crippen molar-refractivity contribution in [3.8, 4) is 0 Å². The van der Waals surface area contributed by atoms with Gasteiger partial charge in [-0.15, -0.1) is 0 Å². The van der Waals surface area contributed by atoms with E-state index in [1.165, 1.54) is 12.8 Å². The van der Waals surface area contributed by atoms with Crippen LogP contribution in [-0.4, -0.2) is 45.1 Å². The Morgan fingerprint density at radius 2 is 1.90 bits per heavy atom. The summed E-state index contributed by atoms with van der Waals surface area (Å²) < 4.78 is 0. The number of nitrogens with zero attached hydrogens (tertiary/aromatic N) is 4.